The second-order valence-electron chi connectivity index (χ2n) is 5.36. The van der Waals surface area contributed by atoms with Gasteiger partial charge in [-0.25, -0.2) is 18.2 Å². The van der Waals surface area contributed by atoms with Gasteiger partial charge in [0, 0.05) is 4.47 Å². The summed E-state index contributed by atoms with van der Waals surface area (Å²) in [7, 11) is -2.57. The number of halogens is 2. The van der Waals surface area contributed by atoms with Crippen LogP contribution in [-0.4, -0.2) is 25.5 Å². The average molecular weight is 491 g/mol. The molecule has 0 saturated carbocycles. The molecule has 0 radical (unpaired) electrons. The number of ether oxygens (including phenoxy) is 1. The molecule has 0 aliphatic rings. The van der Waals surface area contributed by atoms with Crippen molar-refractivity contribution in [3.8, 4) is 5.19 Å². The van der Waals surface area contributed by atoms with Gasteiger partial charge in [0.05, 0.1) is 28.5 Å². The number of anilines is 1. The van der Waals surface area contributed by atoms with Crippen LogP contribution < -0.4 is 15.2 Å². The van der Waals surface area contributed by atoms with Gasteiger partial charge in [-0.15, -0.1) is 0 Å². The van der Waals surface area contributed by atoms with E-state index in [1.165, 1.54) is 24.5 Å². The molecule has 0 atom stereocenters. The largest absolute Gasteiger partial charge is 0.473 e. The minimum atomic E-state index is -4.08. The van der Waals surface area contributed by atoms with Crippen LogP contribution >= 0.6 is 38.9 Å². The number of sulfonamides is 1. The number of nitrogens with zero attached hydrogens (tertiary/aromatic N) is 1. The minimum absolute atomic E-state index is 0.0344. The standard InChI is InChI=1S/C15H9BrClN3O5S2/c1-24-15-19-8-3-2-6(4-10(8)26-15)20-27(22,23)13-7(16)5-9-12(11(13)17)25-14(21)18-9/h2-5,20H,1H3,(H,18,21). The highest BCUT2D eigenvalue weighted by Gasteiger charge is 2.26. The van der Waals surface area contributed by atoms with E-state index >= 15 is 0 Å². The molecule has 140 valence electrons. The Hall–Kier alpha value is -2.08. The van der Waals surface area contributed by atoms with E-state index in [9.17, 15) is 13.2 Å². The van der Waals surface area contributed by atoms with E-state index in [1.807, 2.05) is 0 Å². The summed E-state index contributed by atoms with van der Waals surface area (Å²) in [5.41, 5.74) is 1.27. The van der Waals surface area contributed by atoms with Gasteiger partial charge >= 0.3 is 5.76 Å². The molecule has 0 unspecified atom stereocenters. The molecule has 4 rings (SSSR count). The topological polar surface area (TPSA) is 114 Å². The molecule has 27 heavy (non-hydrogen) atoms. The number of aromatic nitrogens is 2. The molecule has 0 bridgehead atoms. The third kappa shape index (κ3) is 3.20. The summed E-state index contributed by atoms with van der Waals surface area (Å²) in [5.74, 6) is -0.731. The highest BCUT2D eigenvalue weighted by molar-refractivity contribution is 9.10. The molecule has 0 aliphatic heterocycles. The molecule has 2 aromatic heterocycles. The molecule has 2 N–H and O–H groups in total. The predicted molar refractivity (Wildman–Crippen MR) is 107 cm³/mol. The van der Waals surface area contributed by atoms with Crippen molar-refractivity contribution in [1.82, 2.24) is 9.97 Å². The highest BCUT2D eigenvalue weighted by Crippen LogP contribution is 2.37. The number of hydrogen-bond acceptors (Lipinski definition) is 7. The monoisotopic (exact) mass is 489 g/mol. The Morgan fingerprint density at radius 1 is 1.37 bits per heavy atom. The highest BCUT2D eigenvalue weighted by atomic mass is 79.9. The van der Waals surface area contributed by atoms with Gasteiger partial charge in [0.1, 0.15) is 9.92 Å². The van der Waals surface area contributed by atoms with Crippen molar-refractivity contribution in [3.05, 3.63) is 44.3 Å². The van der Waals surface area contributed by atoms with Crippen LogP contribution in [0.25, 0.3) is 21.3 Å². The van der Waals surface area contributed by atoms with Crippen molar-refractivity contribution in [1.29, 1.82) is 0 Å². The van der Waals surface area contributed by atoms with E-state index in [4.69, 9.17) is 20.8 Å². The van der Waals surface area contributed by atoms with Crippen molar-refractivity contribution in [3.63, 3.8) is 0 Å². The first kappa shape index (κ1) is 18.3. The molecule has 12 heteroatoms. The van der Waals surface area contributed by atoms with Crippen LogP contribution in [0.3, 0.4) is 0 Å². The van der Waals surface area contributed by atoms with Crippen LogP contribution in [0.15, 0.2) is 42.8 Å². The lowest BCUT2D eigenvalue weighted by Gasteiger charge is -2.11. The fourth-order valence-corrected chi connectivity index (χ4v) is 6.24. The average Bonchev–Trinajstić information content (AvgIpc) is 3.16. The molecule has 0 amide bonds. The Morgan fingerprint density at radius 2 is 2.15 bits per heavy atom. The molecule has 4 aromatic rings. The first-order valence-electron chi connectivity index (χ1n) is 7.27. The zero-order valence-corrected chi connectivity index (χ0v) is 17.3. The van der Waals surface area contributed by atoms with E-state index < -0.39 is 15.8 Å². The summed E-state index contributed by atoms with van der Waals surface area (Å²) in [6.45, 7) is 0. The Labute approximate surface area is 169 Å². The van der Waals surface area contributed by atoms with Gasteiger partial charge in [0.15, 0.2) is 5.58 Å². The number of fused-ring (bicyclic) bond motifs is 2. The molecular weight excluding hydrogens is 482 g/mol. The molecule has 0 spiro atoms. The summed E-state index contributed by atoms with van der Waals surface area (Å²) in [5, 5.41) is 0.273. The molecule has 0 saturated heterocycles. The summed E-state index contributed by atoms with van der Waals surface area (Å²) in [4.78, 5) is 17.8. The third-order valence-electron chi connectivity index (χ3n) is 3.63. The van der Waals surface area contributed by atoms with E-state index in [-0.39, 0.29) is 25.5 Å². The number of methoxy groups -OCH3 is 1. The van der Waals surface area contributed by atoms with Crippen LogP contribution in [0, 0.1) is 0 Å². The van der Waals surface area contributed by atoms with Crippen molar-refractivity contribution in [2.45, 2.75) is 4.90 Å². The van der Waals surface area contributed by atoms with Gasteiger partial charge in [-0.2, -0.15) is 0 Å². The van der Waals surface area contributed by atoms with Crippen molar-refractivity contribution in [2.75, 3.05) is 11.8 Å². The fourth-order valence-electron chi connectivity index (χ4n) is 2.51. The Kier molecular flexibility index (Phi) is 4.41. The van der Waals surface area contributed by atoms with E-state index in [0.717, 1.165) is 4.70 Å². The summed E-state index contributed by atoms with van der Waals surface area (Å²) < 4.78 is 39.2. The van der Waals surface area contributed by atoms with Crippen LogP contribution in [0.5, 0.6) is 5.19 Å². The van der Waals surface area contributed by atoms with Crippen LogP contribution in [0.2, 0.25) is 5.02 Å². The van der Waals surface area contributed by atoms with Gasteiger partial charge in [-0.05, 0) is 40.2 Å². The fraction of sp³-hybridized carbons (Fsp3) is 0.0667. The third-order valence-corrected chi connectivity index (χ3v) is 7.43. The molecule has 0 aliphatic carbocycles. The molecule has 0 fully saturated rings. The van der Waals surface area contributed by atoms with E-state index in [0.29, 0.717) is 16.4 Å². The summed E-state index contributed by atoms with van der Waals surface area (Å²) >= 11 is 10.7. The van der Waals surface area contributed by atoms with Crippen LogP contribution in [-0.2, 0) is 10.0 Å². The second-order valence-corrected chi connectivity index (χ2v) is 9.21. The van der Waals surface area contributed by atoms with Crippen LogP contribution in [0.4, 0.5) is 5.69 Å². The van der Waals surface area contributed by atoms with Gasteiger partial charge < -0.3 is 9.15 Å². The maximum absolute atomic E-state index is 12.9. The number of hydrogen-bond donors (Lipinski definition) is 2. The summed E-state index contributed by atoms with van der Waals surface area (Å²) in [6, 6.07) is 6.31. The Bertz CT molecular complexity index is 1360. The maximum atomic E-state index is 12.9. The minimum Gasteiger partial charge on any atom is -0.473 e. The number of H-pyrrole nitrogens is 1. The number of thiazole rings is 1. The predicted octanol–water partition coefficient (Wildman–Crippen LogP) is 3.96. The van der Waals surface area contributed by atoms with Crippen LogP contribution in [0.1, 0.15) is 0 Å². The Morgan fingerprint density at radius 3 is 2.89 bits per heavy atom. The second kappa shape index (κ2) is 6.51. The number of benzene rings is 2. The lowest BCUT2D eigenvalue weighted by Crippen LogP contribution is -2.14. The lowest BCUT2D eigenvalue weighted by molar-refractivity contribution is 0.413. The van der Waals surface area contributed by atoms with Gasteiger partial charge in [-0.3, -0.25) is 9.71 Å². The van der Waals surface area contributed by atoms with Gasteiger partial charge in [0.25, 0.3) is 15.2 Å². The van der Waals surface area contributed by atoms with E-state index in [2.05, 4.69) is 30.6 Å². The molecule has 8 nitrogen and oxygen atoms in total. The molecule has 2 heterocycles. The SMILES string of the molecule is COc1nc2ccc(NS(=O)(=O)c3c(Br)cc4[nH]c(=O)oc4c3Cl)cc2s1. The lowest BCUT2D eigenvalue weighted by atomic mass is 10.3. The van der Waals surface area contributed by atoms with E-state index in [1.54, 1.807) is 18.2 Å². The number of rotatable bonds is 4. The quantitative estimate of drug-likeness (QED) is 0.448. The number of oxazole rings is 1. The van der Waals surface area contributed by atoms with Crippen molar-refractivity contribution in [2.24, 2.45) is 0 Å². The first-order chi connectivity index (χ1) is 12.8. The number of nitrogens with one attached hydrogen (secondary N) is 2. The first-order valence-corrected chi connectivity index (χ1v) is 10.7. The molecular formula is C15H9BrClN3O5S2. The Balaban J connectivity index is 1.79. The van der Waals surface area contributed by atoms with Gasteiger partial charge in [-0.1, -0.05) is 22.9 Å². The van der Waals surface area contributed by atoms with Gasteiger partial charge in [0.2, 0.25) is 0 Å². The zero-order valence-electron chi connectivity index (χ0n) is 13.4. The maximum Gasteiger partial charge on any atom is 0.417 e. The number of aromatic amines is 1. The zero-order chi connectivity index (χ0) is 19.3. The smallest absolute Gasteiger partial charge is 0.417 e. The van der Waals surface area contributed by atoms with Crippen molar-refractivity contribution < 1.29 is 17.6 Å². The molecule has 2 aromatic carbocycles. The van der Waals surface area contributed by atoms with Crippen molar-refractivity contribution >= 4 is 75.9 Å². The normalized spacial score (nSPS) is 12.0. The summed E-state index contributed by atoms with van der Waals surface area (Å²) in [6.07, 6.45) is 0.